The van der Waals surface area contributed by atoms with Crippen LogP contribution in [0.2, 0.25) is 0 Å². The summed E-state index contributed by atoms with van der Waals surface area (Å²) in [5.74, 6) is -0.497. The molecule has 1 aliphatic rings. The number of benzene rings is 1. The van der Waals surface area contributed by atoms with Gasteiger partial charge in [-0.1, -0.05) is 38.2 Å². The highest BCUT2D eigenvalue weighted by molar-refractivity contribution is 6.03. The molecule has 4 nitrogen and oxygen atoms in total. The predicted octanol–water partition coefficient (Wildman–Crippen LogP) is 2.91. The molecule has 0 saturated carbocycles. The molecule has 2 rings (SSSR count). The molecular weight excluding hydrogens is 264 g/mol. The third-order valence-electron chi connectivity index (χ3n) is 3.57. The van der Waals surface area contributed by atoms with E-state index < -0.39 is 5.91 Å². The number of carbonyl (C=O) groups is 2. The zero-order chi connectivity index (χ0) is 15.4. The molecule has 1 heterocycles. The lowest BCUT2D eigenvalue weighted by molar-refractivity contribution is -0.115. The summed E-state index contributed by atoms with van der Waals surface area (Å²) in [5.41, 5.74) is 8.47. The molecule has 0 spiro atoms. The smallest absolute Gasteiger partial charge is 0.249 e. The second-order valence-corrected chi connectivity index (χ2v) is 5.15. The van der Waals surface area contributed by atoms with Gasteiger partial charge in [-0.3, -0.25) is 9.59 Å². The van der Waals surface area contributed by atoms with Crippen LogP contribution in [0.15, 0.2) is 36.4 Å². The van der Waals surface area contributed by atoms with E-state index in [1.54, 1.807) is 12.1 Å². The predicted molar refractivity (Wildman–Crippen MR) is 84.3 cm³/mol. The molecule has 4 heteroatoms. The Kier molecular flexibility index (Phi) is 4.58. The number of amides is 2. The van der Waals surface area contributed by atoms with Gasteiger partial charge in [0.15, 0.2) is 0 Å². The van der Waals surface area contributed by atoms with E-state index in [0.717, 1.165) is 23.2 Å². The summed E-state index contributed by atoms with van der Waals surface area (Å²) >= 11 is 0. The summed E-state index contributed by atoms with van der Waals surface area (Å²) < 4.78 is 0. The van der Waals surface area contributed by atoms with Gasteiger partial charge in [0.25, 0.3) is 0 Å². The molecule has 0 radical (unpaired) electrons. The van der Waals surface area contributed by atoms with Crippen molar-refractivity contribution in [3.05, 3.63) is 53.1 Å². The molecule has 1 aliphatic heterocycles. The van der Waals surface area contributed by atoms with E-state index in [-0.39, 0.29) is 11.8 Å². The fourth-order valence-corrected chi connectivity index (χ4v) is 2.60. The Morgan fingerprint density at radius 1 is 1.43 bits per heavy atom. The van der Waals surface area contributed by atoms with Gasteiger partial charge in [0.1, 0.15) is 0 Å². The van der Waals surface area contributed by atoms with Gasteiger partial charge in [-0.2, -0.15) is 0 Å². The van der Waals surface area contributed by atoms with Crippen molar-refractivity contribution in [1.82, 2.24) is 0 Å². The standard InChI is InChI=1S/C17H20N2O2/c1-3-4-5-6-7-11(2)16-12(17(18)21)8-9-14-13(16)10-15(20)19-14/h4-9,11H,3,10H2,1-2H3,(H2,18,21)(H,19,20)/b5-4+,7-6+. The lowest BCUT2D eigenvalue weighted by Crippen LogP contribution is -2.16. The highest BCUT2D eigenvalue weighted by Gasteiger charge is 2.26. The number of carbonyl (C=O) groups excluding carboxylic acids is 2. The summed E-state index contributed by atoms with van der Waals surface area (Å²) in [6.45, 7) is 4.07. The maximum Gasteiger partial charge on any atom is 0.249 e. The Hall–Kier alpha value is -2.36. The second-order valence-electron chi connectivity index (χ2n) is 5.15. The number of nitrogens with two attached hydrogens (primary N) is 1. The van der Waals surface area contributed by atoms with Crippen molar-refractivity contribution < 1.29 is 9.59 Å². The third kappa shape index (κ3) is 3.21. The minimum atomic E-state index is -0.462. The van der Waals surface area contributed by atoms with Crippen LogP contribution in [-0.4, -0.2) is 11.8 Å². The minimum absolute atomic E-state index is 0.0108. The maximum atomic E-state index is 11.7. The van der Waals surface area contributed by atoms with Crippen molar-refractivity contribution in [2.75, 3.05) is 5.32 Å². The third-order valence-corrected chi connectivity index (χ3v) is 3.57. The van der Waals surface area contributed by atoms with E-state index in [4.69, 9.17) is 5.73 Å². The lowest BCUT2D eigenvalue weighted by Gasteiger charge is -2.15. The topological polar surface area (TPSA) is 72.2 Å². The number of hydrogen-bond acceptors (Lipinski definition) is 2. The number of fused-ring (bicyclic) bond motifs is 1. The molecule has 2 amide bonds. The lowest BCUT2D eigenvalue weighted by atomic mass is 9.88. The van der Waals surface area contributed by atoms with Crippen molar-refractivity contribution in [3.63, 3.8) is 0 Å². The highest BCUT2D eigenvalue weighted by atomic mass is 16.2. The Balaban J connectivity index is 2.43. The van der Waals surface area contributed by atoms with Crippen LogP contribution < -0.4 is 11.1 Å². The number of primary amides is 1. The summed E-state index contributed by atoms with van der Waals surface area (Å²) in [4.78, 5) is 23.3. The van der Waals surface area contributed by atoms with E-state index in [1.807, 2.05) is 25.2 Å². The molecule has 0 bridgehead atoms. The number of allylic oxidation sites excluding steroid dienone is 4. The summed E-state index contributed by atoms with van der Waals surface area (Å²) in [5, 5.41) is 2.81. The first-order valence-corrected chi connectivity index (χ1v) is 7.13. The summed E-state index contributed by atoms with van der Waals surface area (Å²) in [7, 11) is 0. The van der Waals surface area contributed by atoms with Gasteiger partial charge in [0, 0.05) is 17.2 Å². The molecule has 110 valence electrons. The van der Waals surface area contributed by atoms with Crippen molar-refractivity contribution >= 4 is 17.5 Å². The van der Waals surface area contributed by atoms with E-state index in [1.165, 1.54) is 0 Å². The van der Waals surface area contributed by atoms with Crippen LogP contribution in [-0.2, 0) is 11.2 Å². The molecule has 1 unspecified atom stereocenters. The van der Waals surface area contributed by atoms with Crippen LogP contribution in [0, 0.1) is 0 Å². The number of rotatable bonds is 5. The molecule has 0 aliphatic carbocycles. The van der Waals surface area contributed by atoms with Gasteiger partial charge in [0.05, 0.1) is 6.42 Å². The largest absolute Gasteiger partial charge is 0.366 e. The summed E-state index contributed by atoms with van der Waals surface area (Å²) in [6.07, 6.45) is 9.28. The Morgan fingerprint density at radius 2 is 2.19 bits per heavy atom. The van der Waals surface area contributed by atoms with Crippen LogP contribution in [0.1, 0.15) is 47.7 Å². The molecular formula is C17H20N2O2. The van der Waals surface area contributed by atoms with Crippen LogP contribution >= 0.6 is 0 Å². The Labute approximate surface area is 124 Å². The number of nitrogens with one attached hydrogen (secondary N) is 1. The first-order chi connectivity index (χ1) is 10.0. The van der Waals surface area contributed by atoms with Gasteiger partial charge in [-0.15, -0.1) is 0 Å². The van der Waals surface area contributed by atoms with Gasteiger partial charge < -0.3 is 11.1 Å². The maximum absolute atomic E-state index is 11.7. The first kappa shape index (κ1) is 15.0. The van der Waals surface area contributed by atoms with E-state index >= 15 is 0 Å². The van der Waals surface area contributed by atoms with Gasteiger partial charge in [-0.25, -0.2) is 0 Å². The minimum Gasteiger partial charge on any atom is -0.366 e. The van der Waals surface area contributed by atoms with Gasteiger partial charge >= 0.3 is 0 Å². The fraction of sp³-hybridized carbons (Fsp3) is 0.294. The monoisotopic (exact) mass is 284 g/mol. The van der Waals surface area contributed by atoms with Crippen molar-refractivity contribution in [2.45, 2.75) is 32.6 Å². The van der Waals surface area contributed by atoms with Crippen LogP contribution in [0.25, 0.3) is 0 Å². The molecule has 0 saturated heterocycles. The normalized spacial score (nSPS) is 15.4. The average molecular weight is 284 g/mol. The number of anilines is 1. The van der Waals surface area contributed by atoms with Crippen molar-refractivity contribution in [2.24, 2.45) is 5.73 Å². The van der Waals surface area contributed by atoms with Gasteiger partial charge in [0.2, 0.25) is 11.8 Å². The van der Waals surface area contributed by atoms with Crippen LogP contribution in [0.5, 0.6) is 0 Å². The summed E-state index contributed by atoms with van der Waals surface area (Å²) in [6, 6.07) is 3.44. The second kappa shape index (κ2) is 6.39. The average Bonchev–Trinajstić information content (AvgIpc) is 2.82. The van der Waals surface area contributed by atoms with Crippen LogP contribution in [0.3, 0.4) is 0 Å². The zero-order valence-electron chi connectivity index (χ0n) is 12.3. The molecule has 0 fully saturated rings. The molecule has 1 atom stereocenters. The molecule has 1 aromatic carbocycles. The quantitative estimate of drug-likeness (QED) is 0.816. The first-order valence-electron chi connectivity index (χ1n) is 7.13. The van der Waals surface area contributed by atoms with Crippen molar-refractivity contribution in [1.29, 1.82) is 0 Å². The van der Waals surface area contributed by atoms with E-state index in [2.05, 4.69) is 18.3 Å². The zero-order valence-corrected chi connectivity index (χ0v) is 12.3. The molecule has 21 heavy (non-hydrogen) atoms. The van der Waals surface area contributed by atoms with Crippen molar-refractivity contribution in [3.8, 4) is 0 Å². The Morgan fingerprint density at radius 3 is 2.86 bits per heavy atom. The fourth-order valence-electron chi connectivity index (χ4n) is 2.60. The molecule has 0 aromatic heterocycles. The van der Waals surface area contributed by atoms with E-state index in [0.29, 0.717) is 12.0 Å². The Bertz CT molecular complexity index is 630. The molecule has 1 aromatic rings. The van der Waals surface area contributed by atoms with Gasteiger partial charge in [-0.05, 0) is 29.7 Å². The SMILES string of the molecule is CC/C=C/C=C/C(C)c1c(C(N)=O)ccc2c1CC(=O)N2. The molecule has 3 N–H and O–H groups in total. The number of hydrogen-bond donors (Lipinski definition) is 2. The van der Waals surface area contributed by atoms with Crippen LogP contribution in [0.4, 0.5) is 5.69 Å². The highest BCUT2D eigenvalue weighted by Crippen LogP contribution is 2.34. The van der Waals surface area contributed by atoms with E-state index in [9.17, 15) is 9.59 Å².